The summed E-state index contributed by atoms with van der Waals surface area (Å²) >= 11 is 1.49. The van der Waals surface area contributed by atoms with Gasteiger partial charge in [0.2, 0.25) is 5.91 Å². The van der Waals surface area contributed by atoms with Gasteiger partial charge in [-0.25, -0.2) is 4.98 Å². The zero-order valence-corrected chi connectivity index (χ0v) is 15.5. The van der Waals surface area contributed by atoms with Crippen molar-refractivity contribution < 1.29 is 14.3 Å². The Morgan fingerprint density at radius 1 is 1.08 bits per heavy atom. The molecular weight excluding hydrogens is 336 g/mol. The van der Waals surface area contributed by atoms with E-state index in [-0.39, 0.29) is 12.3 Å². The molecule has 0 unspecified atom stereocenters. The van der Waals surface area contributed by atoms with Gasteiger partial charge < -0.3 is 14.8 Å². The van der Waals surface area contributed by atoms with E-state index in [9.17, 15) is 4.79 Å². The van der Waals surface area contributed by atoms with Gasteiger partial charge >= 0.3 is 0 Å². The Morgan fingerprint density at radius 3 is 2.52 bits per heavy atom. The smallest absolute Gasteiger partial charge is 0.230 e. The first-order valence-corrected chi connectivity index (χ1v) is 8.70. The SMILES string of the molecule is COc1ccc(CC(=O)Nc2nc3cc(C)c(C)cc3s2)cc1OC. The summed E-state index contributed by atoms with van der Waals surface area (Å²) in [6.07, 6.45) is 0.244. The minimum absolute atomic E-state index is 0.111. The number of carbonyl (C=O) groups excluding carboxylic acids is 1. The molecule has 6 heteroatoms. The Kier molecular flexibility index (Phi) is 4.90. The van der Waals surface area contributed by atoms with Crippen LogP contribution in [0.2, 0.25) is 0 Å². The Balaban J connectivity index is 1.74. The Hall–Kier alpha value is -2.60. The fourth-order valence-electron chi connectivity index (χ4n) is 2.57. The highest BCUT2D eigenvalue weighted by Crippen LogP contribution is 2.29. The molecule has 1 heterocycles. The van der Waals surface area contributed by atoms with Crippen LogP contribution in [0.5, 0.6) is 11.5 Å². The maximum absolute atomic E-state index is 12.3. The number of amides is 1. The van der Waals surface area contributed by atoms with Gasteiger partial charge in [0.15, 0.2) is 16.6 Å². The second-order valence-electron chi connectivity index (χ2n) is 5.84. The first kappa shape index (κ1) is 17.2. The zero-order chi connectivity index (χ0) is 18.0. The molecule has 0 saturated carbocycles. The standard InChI is InChI=1S/C19H20N2O3S/c1-11-7-14-17(8-12(11)2)25-19(20-14)21-18(22)10-13-5-6-15(23-3)16(9-13)24-4/h5-9H,10H2,1-4H3,(H,20,21,22). The highest BCUT2D eigenvalue weighted by Gasteiger charge is 2.11. The summed E-state index contributed by atoms with van der Waals surface area (Å²) in [4.78, 5) is 16.8. The normalized spacial score (nSPS) is 10.7. The van der Waals surface area contributed by atoms with Crippen LogP contribution in [0, 0.1) is 13.8 Å². The van der Waals surface area contributed by atoms with Crippen molar-refractivity contribution in [3.05, 3.63) is 47.0 Å². The van der Waals surface area contributed by atoms with Gasteiger partial charge in [0, 0.05) is 0 Å². The number of carbonyl (C=O) groups is 1. The quantitative estimate of drug-likeness (QED) is 0.747. The third-order valence-electron chi connectivity index (χ3n) is 4.06. The number of methoxy groups -OCH3 is 2. The number of ether oxygens (including phenoxy) is 2. The largest absolute Gasteiger partial charge is 0.493 e. The Labute approximate surface area is 150 Å². The average Bonchev–Trinajstić information content (AvgIpc) is 2.95. The predicted molar refractivity (Wildman–Crippen MR) is 101 cm³/mol. The lowest BCUT2D eigenvalue weighted by Gasteiger charge is -2.09. The number of hydrogen-bond donors (Lipinski definition) is 1. The van der Waals surface area contributed by atoms with E-state index in [0.29, 0.717) is 16.6 Å². The second kappa shape index (κ2) is 7.11. The summed E-state index contributed by atoms with van der Waals surface area (Å²) in [5, 5.41) is 3.50. The van der Waals surface area contributed by atoms with E-state index in [1.165, 1.54) is 22.5 Å². The number of rotatable bonds is 5. The lowest BCUT2D eigenvalue weighted by molar-refractivity contribution is -0.115. The molecule has 0 saturated heterocycles. The molecule has 3 aromatic rings. The van der Waals surface area contributed by atoms with E-state index < -0.39 is 0 Å². The van der Waals surface area contributed by atoms with Crippen molar-refractivity contribution in [1.82, 2.24) is 4.98 Å². The maximum atomic E-state index is 12.3. The second-order valence-corrected chi connectivity index (χ2v) is 6.87. The fraction of sp³-hybridized carbons (Fsp3) is 0.263. The molecule has 130 valence electrons. The first-order valence-electron chi connectivity index (χ1n) is 7.88. The zero-order valence-electron chi connectivity index (χ0n) is 14.7. The van der Waals surface area contributed by atoms with E-state index in [4.69, 9.17) is 9.47 Å². The summed E-state index contributed by atoms with van der Waals surface area (Å²) in [6.45, 7) is 4.13. The van der Waals surface area contributed by atoms with Crippen molar-refractivity contribution >= 4 is 32.6 Å². The molecule has 3 rings (SSSR count). The van der Waals surface area contributed by atoms with Crippen molar-refractivity contribution in [2.75, 3.05) is 19.5 Å². The number of aryl methyl sites for hydroxylation is 2. The molecule has 0 radical (unpaired) electrons. The summed E-state index contributed by atoms with van der Waals surface area (Å²) in [6, 6.07) is 9.61. The predicted octanol–water partition coefficient (Wildman–Crippen LogP) is 4.11. The van der Waals surface area contributed by atoms with Crippen molar-refractivity contribution in [2.24, 2.45) is 0 Å². The molecule has 5 nitrogen and oxygen atoms in total. The summed E-state index contributed by atoms with van der Waals surface area (Å²) in [5.74, 6) is 1.14. The highest BCUT2D eigenvalue weighted by atomic mass is 32.1. The Bertz CT molecular complexity index is 895. The van der Waals surface area contributed by atoms with Crippen LogP contribution in [0.4, 0.5) is 5.13 Å². The maximum Gasteiger partial charge on any atom is 0.230 e. The molecule has 1 aromatic heterocycles. The van der Waals surface area contributed by atoms with E-state index in [1.807, 2.05) is 18.2 Å². The molecule has 0 atom stereocenters. The van der Waals surface area contributed by atoms with Crippen molar-refractivity contribution in [3.63, 3.8) is 0 Å². The summed E-state index contributed by atoms with van der Waals surface area (Å²) in [5.41, 5.74) is 4.18. The van der Waals surface area contributed by atoms with Crippen LogP contribution in [0.25, 0.3) is 10.2 Å². The van der Waals surface area contributed by atoms with Crippen LogP contribution < -0.4 is 14.8 Å². The number of aromatic nitrogens is 1. The lowest BCUT2D eigenvalue weighted by Crippen LogP contribution is -2.14. The van der Waals surface area contributed by atoms with Crippen molar-refractivity contribution in [2.45, 2.75) is 20.3 Å². The van der Waals surface area contributed by atoms with Crippen molar-refractivity contribution in [3.8, 4) is 11.5 Å². The van der Waals surface area contributed by atoms with E-state index >= 15 is 0 Å². The highest BCUT2D eigenvalue weighted by molar-refractivity contribution is 7.22. The van der Waals surface area contributed by atoms with Gasteiger partial charge in [-0.3, -0.25) is 4.79 Å². The van der Waals surface area contributed by atoms with Gasteiger partial charge in [-0.05, 0) is 54.8 Å². The first-order chi connectivity index (χ1) is 12.0. The van der Waals surface area contributed by atoms with E-state index in [0.717, 1.165) is 15.8 Å². The van der Waals surface area contributed by atoms with Crippen molar-refractivity contribution in [1.29, 1.82) is 0 Å². The molecule has 0 aliphatic carbocycles. The molecule has 1 N–H and O–H groups in total. The minimum atomic E-state index is -0.111. The molecule has 1 amide bonds. The third kappa shape index (κ3) is 3.74. The van der Waals surface area contributed by atoms with Crippen LogP contribution >= 0.6 is 11.3 Å². The minimum Gasteiger partial charge on any atom is -0.493 e. The average molecular weight is 356 g/mol. The van der Waals surface area contributed by atoms with Gasteiger partial charge in [0.25, 0.3) is 0 Å². The number of anilines is 1. The molecule has 2 aromatic carbocycles. The molecule has 0 spiro atoms. The third-order valence-corrected chi connectivity index (χ3v) is 5.00. The molecule has 0 aliphatic heterocycles. The number of thiazole rings is 1. The van der Waals surface area contributed by atoms with Crippen LogP contribution in [0.3, 0.4) is 0 Å². The molecule has 0 fully saturated rings. The van der Waals surface area contributed by atoms with Gasteiger partial charge in [0.1, 0.15) is 0 Å². The molecular formula is C19H20N2O3S. The van der Waals surface area contributed by atoms with Gasteiger partial charge in [-0.15, -0.1) is 0 Å². The fourth-order valence-corrected chi connectivity index (χ4v) is 3.53. The van der Waals surface area contributed by atoms with E-state index in [2.05, 4.69) is 30.2 Å². The van der Waals surface area contributed by atoms with Crippen LogP contribution in [-0.4, -0.2) is 25.1 Å². The van der Waals surface area contributed by atoms with Gasteiger partial charge in [-0.2, -0.15) is 0 Å². The Morgan fingerprint density at radius 2 is 1.80 bits per heavy atom. The number of hydrogen-bond acceptors (Lipinski definition) is 5. The molecule has 0 bridgehead atoms. The molecule has 25 heavy (non-hydrogen) atoms. The van der Waals surface area contributed by atoms with Crippen LogP contribution in [0.15, 0.2) is 30.3 Å². The number of nitrogens with one attached hydrogen (secondary N) is 1. The number of nitrogens with zero attached hydrogens (tertiary/aromatic N) is 1. The van der Waals surface area contributed by atoms with Gasteiger partial charge in [0.05, 0.1) is 30.9 Å². The van der Waals surface area contributed by atoms with Gasteiger partial charge in [-0.1, -0.05) is 17.4 Å². The van der Waals surface area contributed by atoms with Crippen LogP contribution in [-0.2, 0) is 11.2 Å². The number of benzene rings is 2. The topological polar surface area (TPSA) is 60.5 Å². The number of fused-ring (bicyclic) bond motifs is 1. The summed E-state index contributed by atoms with van der Waals surface area (Å²) in [7, 11) is 3.16. The van der Waals surface area contributed by atoms with Crippen LogP contribution in [0.1, 0.15) is 16.7 Å². The lowest BCUT2D eigenvalue weighted by atomic mass is 10.1. The summed E-state index contributed by atoms with van der Waals surface area (Å²) < 4.78 is 11.6. The van der Waals surface area contributed by atoms with E-state index in [1.54, 1.807) is 20.3 Å². The monoisotopic (exact) mass is 356 g/mol. The molecule has 0 aliphatic rings.